The highest BCUT2D eigenvalue weighted by Crippen LogP contribution is 2.28. The fourth-order valence-corrected chi connectivity index (χ4v) is 2.88. The summed E-state index contributed by atoms with van der Waals surface area (Å²) < 4.78 is 15.8. The van der Waals surface area contributed by atoms with Gasteiger partial charge in [-0.1, -0.05) is 46.9 Å². The van der Waals surface area contributed by atoms with Crippen LogP contribution in [0.15, 0.2) is 59.1 Å². The molecule has 1 aromatic heterocycles. The molecule has 0 aliphatic carbocycles. The summed E-state index contributed by atoms with van der Waals surface area (Å²) in [5.41, 5.74) is 4.36. The van der Waals surface area contributed by atoms with Gasteiger partial charge in [0, 0.05) is 22.7 Å². The monoisotopic (exact) mass is 324 g/mol. The summed E-state index contributed by atoms with van der Waals surface area (Å²) in [6, 6.07) is 16.4. The third-order valence-electron chi connectivity index (χ3n) is 3.61. The van der Waals surface area contributed by atoms with Crippen molar-refractivity contribution < 1.29 is 4.55 Å². The highest BCUT2D eigenvalue weighted by atomic mass is 32.2. The van der Waals surface area contributed by atoms with E-state index in [-0.39, 0.29) is 4.75 Å². The van der Waals surface area contributed by atoms with Gasteiger partial charge in [0.15, 0.2) is 0 Å². The molecule has 1 N–H and O–H groups in total. The lowest BCUT2D eigenvalue weighted by molar-refractivity contribution is 0.562. The zero-order valence-corrected chi connectivity index (χ0v) is 14.4. The molecule has 0 saturated carbocycles. The number of benzene rings is 2. The maximum Gasteiger partial charge on any atom is 0.144 e. The Balaban J connectivity index is 1.91. The normalized spacial score (nSPS) is 13.7. The first-order valence-electron chi connectivity index (χ1n) is 7.58. The maximum absolute atomic E-state index is 12.0. The van der Waals surface area contributed by atoms with Gasteiger partial charge in [-0.2, -0.15) is 0 Å². The van der Waals surface area contributed by atoms with E-state index in [9.17, 15) is 4.55 Å². The lowest BCUT2D eigenvalue weighted by Gasteiger charge is -2.17. The molecular formula is C19H20N2OS. The molecule has 0 saturated heterocycles. The predicted molar refractivity (Wildman–Crippen MR) is 99.2 cm³/mol. The summed E-state index contributed by atoms with van der Waals surface area (Å²) in [6.45, 7) is 5.75. The van der Waals surface area contributed by atoms with Gasteiger partial charge >= 0.3 is 0 Å². The topological polar surface area (TPSA) is 51.2 Å². The molecule has 3 rings (SSSR count). The Hall–Kier alpha value is -2.04. The number of fused-ring (bicyclic) bond motifs is 1. The van der Waals surface area contributed by atoms with Crippen molar-refractivity contribution in [2.24, 2.45) is 4.40 Å². The number of nitrogens with zero attached hydrogens (tertiary/aromatic N) is 1. The molecule has 1 heterocycles. The number of aromatic nitrogens is 1. The van der Waals surface area contributed by atoms with E-state index in [1.807, 2.05) is 57.3 Å². The molecule has 2 aromatic carbocycles. The molecule has 3 nitrogen and oxygen atoms in total. The first-order valence-corrected chi connectivity index (χ1v) is 8.68. The summed E-state index contributed by atoms with van der Waals surface area (Å²) in [5, 5.41) is 1.17. The highest BCUT2D eigenvalue weighted by molar-refractivity contribution is 7.91. The Bertz CT molecular complexity index is 831. The molecule has 4 heteroatoms. The van der Waals surface area contributed by atoms with Crippen LogP contribution in [0.25, 0.3) is 22.0 Å². The second-order valence-corrected chi connectivity index (χ2v) is 8.40. The van der Waals surface area contributed by atoms with Gasteiger partial charge in [0.1, 0.15) is 16.1 Å². The number of rotatable bonds is 3. The molecular weight excluding hydrogens is 304 g/mol. The summed E-state index contributed by atoms with van der Waals surface area (Å²) in [4.78, 5) is 3.31. The first kappa shape index (κ1) is 15.8. The average molecular weight is 324 g/mol. The van der Waals surface area contributed by atoms with Crippen molar-refractivity contribution in [3.63, 3.8) is 0 Å². The Labute approximate surface area is 139 Å². The molecule has 1 atom stereocenters. The number of nitrogens with one attached hydrogen (secondary N) is 1. The third-order valence-corrected chi connectivity index (χ3v) is 4.96. The molecule has 0 amide bonds. The van der Waals surface area contributed by atoms with Crippen LogP contribution in [0.2, 0.25) is 0 Å². The zero-order chi connectivity index (χ0) is 16.4. The molecule has 0 bridgehead atoms. The fraction of sp³-hybridized carbons (Fsp3) is 0.211. The minimum atomic E-state index is -1.24. The Kier molecular flexibility index (Phi) is 4.28. The van der Waals surface area contributed by atoms with Crippen molar-refractivity contribution in [2.75, 3.05) is 0 Å². The molecule has 23 heavy (non-hydrogen) atoms. The van der Waals surface area contributed by atoms with Gasteiger partial charge in [0.05, 0.1) is 6.21 Å². The van der Waals surface area contributed by atoms with E-state index in [0.717, 1.165) is 11.1 Å². The van der Waals surface area contributed by atoms with E-state index in [1.165, 1.54) is 16.5 Å². The van der Waals surface area contributed by atoms with Gasteiger partial charge in [0.25, 0.3) is 0 Å². The second kappa shape index (κ2) is 6.22. The van der Waals surface area contributed by atoms with Crippen molar-refractivity contribution in [3.8, 4) is 11.1 Å². The number of hydrogen-bond acceptors (Lipinski definition) is 2. The van der Waals surface area contributed by atoms with Gasteiger partial charge < -0.3 is 9.54 Å². The standard InChI is InChI=1S/C19H20N2OS/c1-19(2,3)23(22)21-12-14-9-10-16-17(13-20-18(16)11-14)15-7-5-4-6-8-15/h4-13,20H,1-3H3/b21-12+. The molecule has 1 unspecified atom stereocenters. The second-order valence-electron chi connectivity index (χ2n) is 6.47. The molecule has 0 spiro atoms. The van der Waals surface area contributed by atoms with Crippen molar-refractivity contribution >= 4 is 28.5 Å². The van der Waals surface area contributed by atoms with Crippen LogP contribution in [0.3, 0.4) is 0 Å². The Morgan fingerprint density at radius 1 is 1.09 bits per heavy atom. The quantitative estimate of drug-likeness (QED) is 0.550. The van der Waals surface area contributed by atoms with Gasteiger partial charge in [-0.3, -0.25) is 0 Å². The van der Waals surface area contributed by atoms with Gasteiger partial charge in [-0.15, -0.1) is 0 Å². The van der Waals surface area contributed by atoms with Crippen molar-refractivity contribution in [1.29, 1.82) is 0 Å². The summed E-state index contributed by atoms with van der Waals surface area (Å²) >= 11 is -1.24. The summed E-state index contributed by atoms with van der Waals surface area (Å²) in [7, 11) is 0. The van der Waals surface area contributed by atoms with Crippen LogP contribution in [-0.2, 0) is 11.4 Å². The van der Waals surface area contributed by atoms with E-state index in [1.54, 1.807) is 6.21 Å². The van der Waals surface area contributed by atoms with Crippen LogP contribution in [0, 0.1) is 0 Å². The number of hydrogen-bond donors (Lipinski definition) is 1. The fourth-order valence-electron chi connectivity index (χ4n) is 2.35. The van der Waals surface area contributed by atoms with Gasteiger partial charge in [-0.25, -0.2) is 0 Å². The predicted octanol–water partition coefficient (Wildman–Crippen LogP) is 4.72. The maximum atomic E-state index is 12.0. The number of H-pyrrole nitrogens is 1. The SMILES string of the molecule is CC(C)(C)[S+]([O-])/N=C/c1ccc2c(-c3ccccc3)c[nH]c2c1. The van der Waals surface area contributed by atoms with Crippen LogP contribution >= 0.6 is 0 Å². The molecule has 0 radical (unpaired) electrons. The lowest BCUT2D eigenvalue weighted by Crippen LogP contribution is -2.25. The van der Waals surface area contributed by atoms with Crippen LogP contribution < -0.4 is 0 Å². The lowest BCUT2D eigenvalue weighted by atomic mass is 10.0. The molecule has 0 aliphatic rings. The smallest absolute Gasteiger partial charge is 0.144 e. The Morgan fingerprint density at radius 2 is 1.83 bits per heavy atom. The third kappa shape index (κ3) is 3.49. The van der Waals surface area contributed by atoms with Crippen LogP contribution in [0.5, 0.6) is 0 Å². The highest BCUT2D eigenvalue weighted by Gasteiger charge is 2.25. The zero-order valence-electron chi connectivity index (χ0n) is 13.5. The largest absolute Gasteiger partial charge is 0.591 e. The van der Waals surface area contributed by atoms with Crippen LogP contribution in [0.4, 0.5) is 0 Å². The molecule has 118 valence electrons. The van der Waals surface area contributed by atoms with E-state index < -0.39 is 11.4 Å². The van der Waals surface area contributed by atoms with Gasteiger partial charge in [0.2, 0.25) is 0 Å². The van der Waals surface area contributed by atoms with Crippen molar-refractivity contribution in [2.45, 2.75) is 25.5 Å². The van der Waals surface area contributed by atoms with E-state index >= 15 is 0 Å². The van der Waals surface area contributed by atoms with Gasteiger partial charge in [-0.05, 0) is 38.0 Å². The van der Waals surface area contributed by atoms with E-state index in [0.29, 0.717) is 0 Å². The molecule has 3 aromatic rings. The van der Waals surface area contributed by atoms with Crippen molar-refractivity contribution in [1.82, 2.24) is 4.98 Å². The summed E-state index contributed by atoms with van der Waals surface area (Å²) in [5.74, 6) is 0. The summed E-state index contributed by atoms with van der Waals surface area (Å²) in [6.07, 6.45) is 3.71. The van der Waals surface area contributed by atoms with Crippen LogP contribution in [-0.4, -0.2) is 20.5 Å². The minimum Gasteiger partial charge on any atom is -0.591 e. The van der Waals surface area contributed by atoms with E-state index in [4.69, 9.17) is 0 Å². The Morgan fingerprint density at radius 3 is 2.52 bits per heavy atom. The molecule has 0 aliphatic heterocycles. The minimum absolute atomic E-state index is 0.340. The first-order chi connectivity index (χ1) is 10.9. The average Bonchev–Trinajstić information content (AvgIpc) is 2.95. The van der Waals surface area contributed by atoms with Crippen LogP contribution in [0.1, 0.15) is 26.3 Å². The number of aromatic amines is 1. The van der Waals surface area contributed by atoms with Crippen molar-refractivity contribution in [3.05, 3.63) is 60.3 Å². The van der Waals surface area contributed by atoms with E-state index in [2.05, 4.69) is 27.6 Å². The molecule has 0 fully saturated rings.